The van der Waals surface area contributed by atoms with Gasteiger partial charge in [0.25, 0.3) is 0 Å². The molecule has 2 aromatic rings. The zero-order valence-electron chi connectivity index (χ0n) is 9.84. The van der Waals surface area contributed by atoms with Gasteiger partial charge in [-0.1, -0.05) is 60.7 Å². The highest BCUT2D eigenvalue weighted by atomic mass is 15.0. The smallest absolute Gasteiger partial charge is 0.0208 e. The third-order valence-corrected chi connectivity index (χ3v) is 2.34. The minimum absolute atomic E-state index is 0.926. The molecule has 0 amide bonds. The number of benzene rings is 2. The Kier molecular flexibility index (Phi) is 6.67. The molecule has 2 rings (SSSR count). The fourth-order valence-electron chi connectivity index (χ4n) is 1.54. The molecule has 0 heterocycles. The van der Waals surface area contributed by atoms with Crippen LogP contribution in [-0.2, 0) is 13.1 Å². The van der Waals surface area contributed by atoms with Crippen molar-refractivity contribution in [1.29, 1.82) is 0 Å². The maximum Gasteiger partial charge on any atom is 0.0208 e. The van der Waals surface area contributed by atoms with Crippen LogP contribution in [0.25, 0.3) is 0 Å². The Bertz CT molecular complexity index is 347. The first kappa shape index (κ1) is 13.4. The van der Waals surface area contributed by atoms with Gasteiger partial charge in [0.2, 0.25) is 0 Å². The molecule has 0 aliphatic carbocycles. The van der Waals surface area contributed by atoms with Crippen LogP contribution >= 0.6 is 0 Å². The maximum absolute atomic E-state index is 4.00. The second-order valence-electron chi connectivity index (χ2n) is 3.57. The van der Waals surface area contributed by atoms with Crippen LogP contribution < -0.4 is 17.0 Å². The maximum atomic E-state index is 4.00. The van der Waals surface area contributed by atoms with Gasteiger partial charge in [0, 0.05) is 13.1 Å². The van der Waals surface area contributed by atoms with Crippen LogP contribution in [-0.4, -0.2) is 0 Å². The van der Waals surface area contributed by atoms with E-state index >= 15 is 0 Å². The van der Waals surface area contributed by atoms with Crippen LogP contribution in [0.5, 0.6) is 0 Å². The average Bonchev–Trinajstić information content (AvgIpc) is 2.43. The molecule has 17 heavy (non-hydrogen) atoms. The number of rotatable bonds is 4. The van der Waals surface area contributed by atoms with Crippen LogP contribution in [0.2, 0.25) is 0 Å². The van der Waals surface area contributed by atoms with Crippen molar-refractivity contribution in [3.05, 3.63) is 71.8 Å². The molecule has 0 bridgehead atoms. The average molecular weight is 229 g/mol. The van der Waals surface area contributed by atoms with Gasteiger partial charge in [-0.3, -0.25) is 11.7 Å². The van der Waals surface area contributed by atoms with Crippen LogP contribution in [0.1, 0.15) is 11.1 Å². The van der Waals surface area contributed by atoms with E-state index in [1.807, 2.05) is 12.1 Å². The van der Waals surface area contributed by atoms with E-state index in [2.05, 4.69) is 65.5 Å². The summed E-state index contributed by atoms with van der Waals surface area (Å²) in [5, 5.41) is 3.42. The Hall–Kier alpha value is -1.68. The molecular weight excluding hydrogens is 210 g/mol. The molecule has 0 spiro atoms. The fourth-order valence-corrected chi connectivity index (χ4v) is 1.54. The molecule has 0 saturated carbocycles. The number of nitrogens with one attached hydrogen (secondary N) is 1. The van der Waals surface area contributed by atoms with Gasteiger partial charge in [0.05, 0.1) is 0 Å². The summed E-state index contributed by atoms with van der Waals surface area (Å²) in [7, 11) is 0. The van der Waals surface area contributed by atoms with E-state index in [-0.39, 0.29) is 0 Å². The van der Waals surface area contributed by atoms with Crippen molar-refractivity contribution in [3.8, 4) is 0 Å². The van der Waals surface area contributed by atoms with E-state index in [0.717, 1.165) is 13.1 Å². The normalized spacial score (nSPS) is 9.29. The zero-order chi connectivity index (χ0) is 12.3. The molecule has 0 unspecified atom stereocenters. The third kappa shape index (κ3) is 5.26. The second kappa shape index (κ2) is 8.47. The lowest BCUT2D eigenvalue weighted by atomic mass is 10.2. The number of hydrogen-bond acceptors (Lipinski definition) is 3. The molecule has 5 N–H and O–H groups in total. The highest BCUT2D eigenvalue weighted by molar-refractivity contribution is 5.16. The van der Waals surface area contributed by atoms with Crippen molar-refractivity contribution in [3.63, 3.8) is 0 Å². The lowest BCUT2D eigenvalue weighted by molar-refractivity contribution is 0.693. The van der Waals surface area contributed by atoms with Crippen LogP contribution in [0, 0.1) is 0 Å². The van der Waals surface area contributed by atoms with E-state index in [4.69, 9.17) is 0 Å². The van der Waals surface area contributed by atoms with E-state index < -0.39 is 0 Å². The summed E-state index contributed by atoms with van der Waals surface area (Å²) in [5.41, 5.74) is 2.65. The molecule has 0 fully saturated rings. The summed E-state index contributed by atoms with van der Waals surface area (Å²) < 4.78 is 0. The van der Waals surface area contributed by atoms with Crippen molar-refractivity contribution in [2.24, 2.45) is 11.7 Å². The summed E-state index contributed by atoms with van der Waals surface area (Å²) in [6.07, 6.45) is 0. The number of hydrogen-bond donors (Lipinski definition) is 3. The SMILES string of the molecule is NN.c1ccc(CNCc2ccccc2)cc1. The second-order valence-corrected chi connectivity index (χ2v) is 3.57. The Labute approximate surface area is 102 Å². The van der Waals surface area contributed by atoms with Crippen molar-refractivity contribution < 1.29 is 0 Å². The molecule has 0 aliphatic heterocycles. The van der Waals surface area contributed by atoms with Gasteiger partial charge < -0.3 is 5.32 Å². The molecule has 0 saturated heterocycles. The zero-order valence-corrected chi connectivity index (χ0v) is 9.84. The van der Waals surface area contributed by atoms with Gasteiger partial charge in [-0.25, -0.2) is 0 Å². The summed E-state index contributed by atoms with van der Waals surface area (Å²) in [4.78, 5) is 0. The minimum atomic E-state index is 0.926. The van der Waals surface area contributed by atoms with Crippen LogP contribution in [0.4, 0.5) is 0 Å². The molecule has 3 nitrogen and oxygen atoms in total. The number of hydrazine groups is 1. The van der Waals surface area contributed by atoms with Crippen molar-refractivity contribution in [1.82, 2.24) is 5.32 Å². The van der Waals surface area contributed by atoms with E-state index in [9.17, 15) is 0 Å². The Morgan fingerprint density at radius 1 is 0.647 bits per heavy atom. The standard InChI is InChI=1S/C14H15N.H4N2/c1-3-7-13(8-4-1)11-15-12-14-9-5-2-6-10-14;1-2/h1-10,15H,11-12H2;1-2H2. The van der Waals surface area contributed by atoms with Crippen molar-refractivity contribution >= 4 is 0 Å². The van der Waals surface area contributed by atoms with Crippen LogP contribution in [0.3, 0.4) is 0 Å². The van der Waals surface area contributed by atoms with E-state index in [1.54, 1.807) is 0 Å². The van der Waals surface area contributed by atoms with Crippen molar-refractivity contribution in [2.75, 3.05) is 0 Å². The first-order valence-electron chi connectivity index (χ1n) is 5.57. The van der Waals surface area contributed by atoms with E-state index in [0.29, 0.717) is 0 Å². The molecule has 2 aromatic carbocycles. The summed E-state index contributed by atoms with van der Waals surface area (Å²) in [6.45, 7) is 1.85. The first-order chi connectivity index (χ1) is 8.45. The van der Waals surface area contributed by atoms with Gasteiger partial charge in [-0.2, -0.15) is 0 Å². The third-order valence-electron chi connectivity index (χ3n) is 2.34. The Morgan fingerprint density at radius 2 is 1.00 bits per heavy atom. The predicted molar refractivity (Wildman–Crippen MR) is 71.8 cm³/mol. The fraction of sp³-hybridized carbons (Fsp3) is 0.143. The monoisotopic (exact) mass is 229 g/mol. The number of nitrogens with two attached hydrogens (primary N) is 2. The van der Waals surface area contributed by atoms with Gasteiger partial charge in [-0.05, 0) is 11.1 Å². The molecule has 90 valence electrons. The van der Waals surface area contributed by atoms with Gasteiger partial charge >= 0.3 is 0 Å². The molecule has 3 heteroatoms. The Balaban J connectivity index is 0.000000686. The molecule has 0 aromatic heterocycles. The molecule has 0 aliphatic rings. The lowest BCUT2D eigenvalue weighted by Crippen LogP contribution is -2.12. The van der Waals surface area contributed by atoms with Crippen LogP contribution in [0.15, 0.2) is 60.7 Å². The summed E-state index contributed by atoms with van der Waals surface area (Å²) in [5.74, 6) is 8.00. The predicted octanol–water partition coefficient (Wildman–Crippen LogP) is 1.80. The van der Waals surface area contributed by atoms with Gasteiger partial charge in [0.1, 0.15) is 0 Å². The highest BCUT2D eigenvalue weighted by Crippen LogP contribution is 2.00. The quantitative estimate of drug-likeness (QED) is 0.553. The lowest BCUT2D eigenvalue weighted by Gasteiger charge is -2.04. The minimum Gasteiger partial charge on any atom is -0.309 e. The first-order valence-corrected chi connectivity index (χ1v) is 5.57. The van der Waals surface area contributed by atoms with Crippen molar-refractivity contribution in [2.45, 2.75) is 13.1 Å². The van der Waals surface area contributed by atoms with Gasteiger partial charge in [0.15, 0.2) is 0 Å². The molecular formula is C14H19N3. The molecule has 0 radical (unpaired) electrons. The Morgan fingerprint density at radius 3 is 1.35 bits per heavy atom. The largest absolute Gasteiger partial charge is 0.309 e. The highest BCUT2D eigenvalue weighted by Gasteiger charge is 1.92. The molecule has 0 atom stereocenters. The topological polar surface area (TPSA) is 64.1 Å². The summed E-state index contributed by atoms with van der Waals surface area (Å²) >= 11 is 0. The van der Waals surface area contributed by atoms with Gasteiger partial charge in [-0.15, -0.1) is 0 Å². The van der Waals surface area contributed by atoms with E-state index in [1.165, 1.54) is 11.1 Å². The summed E-state index contributed by atoms with van der Waals surface area (Å²) in [6, 6.07) is 20.9.